The van der Waals surface area contributed by atoms with Crippen LogP contribution in [0.4, 0.5) is 10.3 Å². The topological polar surface area (TPSA) is 76.9 Å². The van der Waals surface area contributed by atoms with Crippen LogP contribution >= 0.6 is 0 Å². The lowest BCUT2D eigenvalue weighted by Crippen LogP contribution is -2.11. The number of nitrogens with zero attached hydrogens (tertiary/aromatic N) is 3. The fraction of sp³-hybridized carbons (Fsp3) is 0.200. The van der Waals surface area contributed by atoms with Crippen LogP contribution in [0.5, 0.6) is 0 Å². The largest absolute Gasteiger partial charge is 0.255 e. The third kappa shape index (κ3) is 3.52. The van der Waals surface area contributed by atoms with Gasteiger partial charge in [0.2, 0.25) is 10.0 Å². The van der Waals surface area contributed by atoms with E-state index in [0.29, 0.717) is 12.1 Å². The molecule has 2 rings (SSSR count). The maximum Gasteiger partial charge on any atom is 0.255 e. The molecule has 2 aromatic rings. The number of aromatic nitrogens is 3. The Bertz CT molecular complexity index is 653. The van der Waals surface area contributed by atoms with Crippen LogP contribution in [0.2, 0.25) is 0 Å². The number of halogens is 1. The molecule has 96 valence electrons. The van der Waals surface area contributed by atoms with Gasteiger partial charge in [-0.1, -0.05) is 12.1 Å². The van der Waals surface area contributed by atoms with Crippen molar-refractivity contribution < 1.29 is 12.8 Å². The predicted octanol–water partition coefficient (Wildman–Crippen LogP) is 0.837. The molecule has 0 aliphatic heterocycles. The fourth-order valence-electron chi connectivity index (χ4n) is 1.41. The summed E-state index contributed by atoms with van der Waals surface area (Å²) in [5.41, 5.74) is 0.714. The third-order valence-electron chi connectivity index (χ3n) is 2.05. The number of anilines is 1. The highest BCUT2D eigenvalue weighted by Crippen LogP contribution is 2.06. The number of hydrogen-bond donors (Lipinski definition) is 1. The molecule has 1 heterocycles. The third-order valence-corrected chi connectivity index (χ3v) is 2.60. The molecular formula is C10H11FN4O2S. The van der Waals surface area contributed by atoms with Gasteiger partial charge in [-0.2, -0.15) is 4.98 Å². The van der Waals surface area contributed by atoms with Gasteiger partial charge >= 0.3 is 0 Å². The lowest BCUT2D eigenvalue weighted by Gasteiger charge is -2.01. The quantitative estimate of drug-likeness (QED) is 0.893. The Balaban J connectivity index is 2.12. The molecular weight excluding hydrogens is 259 g/mol. The van der Waals surface area contributed by atoms with E-state index in [1.165, 1.54) is 23.1 Å². The molecule has 0 fully saturated rings. The number of benzene rings is 1. The van der Waals surface area contributed by atoms with E-state index in [-0.39, 0.29) is 11.8 Å². The number of hydrogen-bond acceptors (Lipinski definition) is 4. The van der Waals surface area contributed by atoms with Gasteiger partial charge in [-0.25, -0.2) is 17.5 Å². The predicted molar refractivity (Wildman–Crippen MR) is 64.0 cm³/mol. The minimum atomic E-state index is -3.39. The second-order valence-corrected chi connectivity index (χ2v) is 5.52. The van der Waals surface area contributed by atoms with Crippen LogP contribution in [0.3, 0.4) is 0 Å². The number of nitrogens with one attached hydrogen (secondary N) is 1. The SMILES string of the molecule is CS(=O)(=O)Nc1ncn(Cc2cccc(F)c2)n1. The van der Waals surface area contributed by atoms with Crippen molar-refractivity contribution in [3.8, 4) is 0 Å². The Morgan fingerprint density at radius 3 is 2.89 bits per heavy atom. The highest BCUT2D eigenvalue weighted by Gasteiger charge is 2.06. The van der Waals surface area contributed by atoms with Gasteiger partial charge in [0.05, 0.1) is 12.8 Å². The molecule has 0 radical (unpaired) electrons. The maximum absolute atomic E-state index is 13.0. The van der Waals surface area contributed by atoms with Gasteiger partial charge in [0.1, 0.15) is 12.1 Å². The summed E-state index contributed by atoms with van der Waals surface area (Å²) in [6.45, 7) is 0.316. The molecule has 0 bridgehead atoms. The molecule has 6 nitrogen and oxygen atoms in total. The average molecular weight is 270 g/mol. The number of rotatable bonds is 4. The molecule has 0 saturated carbocycles. The van der Waals surface area contributed by atoms with Gasteiger partial charge in [-0.3, -0.25) is 4.72 Å². The van der Waals surface area contributed by atoms with Crippen LogP contribution in [0.15, 0.2) is 30.6 Å². The lowest BCUT2D eigenvalue weighted by molar-refractivity contribution is 0.606. The molecule has 0 atom stereocenters. The van der Waals surface area contributed by atoms with Crippen molar-refractivity contribution in [3.63, 3.8) is 0 Å². The maximum atomic E-state index is 13.0. The van der Waals surface area contributed by atoms with Crippen molar-refractivity contribution in [2.24, 2.45) is 0 Å². The van der Waals surface area contributed by atoms with Crippen molar-refractivity contribution in [2.45, 2.75) is 6.54 Å². The Morgan fingerprint density at radius 2 is 2.22 bits per heavy atom. The molecule has 0 aliphatic carbocycles. The molecule has 18 heavy (non-hydrogen) atoms. The van der Waals surface area contributed by atoms with Gasteiger partial charge in [0.15, 0.2) is 0 Å². The molecule has 1 aromatic carbocycles. The molecule has 0 aliphatic rings. The van der Waals surface area contributed by atoms with Gasteiger partial charge in [-0.05, 0) is 17.7 Å². The van der Waals surface area contributed by atoms with Crippen LogP contribution in [0, 0.1) is 5.82 Å². The summed E-state index contributed by atoms with van der Waals surface area (Å²) in [6, 6.07) is 6.07. The van der Waals surface area contributed by atoms with E-state index in [2.05, 4.69) is 14.8 Å². The summed E-state index contributed by atoms with van der Waals surface area (Å²) in [4.78, 5) is 3.79. The fourth-order valence-corrected chi connectivity index (χ4v) is 1.83. The van der Waals surface area contributed by atoms with E-state index in [1.54, 1.807) is 12.1 Å². The summed E-state index contributed by atoms with van der Waals surface area (Å²) in [6.07, 6.45) is 2.39. The van der Waals surface area contributed by atoms with Crippen LogP contribution < -0.4 is 4.72 Å². The standard InChI is InChI=1S/C10H11FN4O2S/c1-18(16,17)14-10-12-7-15(13-10)6-8-3-2-4-9(11)5-8/h2-5,7H,6H2,1H3,(H,13,14). The van der Waals surface area contributed by atoms with E-state index in [9.17, 15) is 12.8 Å². The first-order valence-corrected chi connectivity index (χ1v) is 6.93. The van der Waals surface area contributed by atoms with E-state index in [1.807, 2.05) is 0 Å². The smallest absolute Gasteiger partial charge is 0.250 e. The zero-order chi connectivity index (χ0) is 13.2. The van der Waals surface area contributed by atoms with E-state index in [4.69, 9.17) is 0 Å². The van der Waals surface area contributed by atoms with Crippen LogP contribution in [-0.2, 0) is 16.6 Å². The van der Waals surface area contributed by atoms with Gasteiger partial charge in [0.25, 0.3) is 5.95 Å². The summed E-state index contributed by atoms with van der Waals surface area (Å²) >= 11 is 0. The normalized spacial score (nSPS) is 11.4. The van der Waals surface area contributed by atoms with Gasteiger partial charge < -0.3 is 0 Å². The second kappa shape index (κ2) is 4.73. The minimum absolute atomic E-state index is 0.00565. The zero-order valence-electron chi connectivity index (χ0n) is 9.54. The van der Waals surface area contributed by atoms with Crippen molar-refractivity contribution in [2.75, 3.05) is 11.0 Å². The highest BCUT2D eigenvalue weighted by molar-refractivity contribution is 7.91. The summed E-state index contributed by atoms with van der Waals surface area (Å²) in [5, 5.41) is 3.91. The Kier molecular flexibility index (Phi) is 3.28. The van der Waals surface area contributed by atoms with Gasteiger partial charge in [0, 0.05) is 0 Å². The Hall–Kier alpha value is -1.96. The van der Waals surface area contributed by atoms with Crippen molar-refractivity contribution in [1.82, 2.24) is 14.8 Å². The molecule has 0 amide bonds. The average Bonchev–Trinajstić information content (AvgIpc) is 2.62. The molecule has 1 N–H and O–H groups in total. The first kappa shape index (κ1) is 12.5. The minimum Gasteiger partial charge on any atom is -0.250 e. The van der Waals surface area contributed by atoms with E-state index in [0.717, 1.165) is 6.26 Å². The summed E-state index contributed by atoms with van der Waals surface area (Å²) < 4.78 is 38.5. The van der Waals surface area contributed by atoms with Crippen molar-refractivity contribution >= 4 is 16.0 Å². The highest BCUT2D eigenvalue weighted by atomic mass is 32.2. The molecule has 8 heteroatoms. The van der Waals surface area contributed by atoms with Crippen LogP contribution in [0.1, 0.15) is 5.56 Å². The summed E-state index contributed by atoms with van der Waals surface area (Å²) in [5.74, 6) is -0.337. The zero-order valence-corrected chi connectivity index (χ0v) is 10.4. The summed E-state index contributed by atoms with van der Waals surface area (Å²) in [7, 11) is -3.39. The van der Waals surface area contributed by atoms with Gasteiger partial charge in [-0.15, -0.1) is 5.10 Å². The Morgan fingerprint density at radius 1 is 1.44 bits per heavy atom. The second-order valence-electron chi connectivity index (χ2n) is 3.77. The molecule has 0 saturated heterocycles. The van der Waals surface area contributed by atoms with E-state index < -0.39 is 10.0 Å². The van der Waals surface area contributed by atoms with Crippen molar-refractivity contribution in [3.05, 3.63) is 42.0 Å². The van der Waals surface area contributed by atoms with Crippen LogP contribution in [0.25, 0.3) is 0 Å². The lowest BCUT2D eigenvalue weighted by atomic mass is 10.2. The monoisotopic (exact) mass is 270 g/mol. The van der Waals surface area contributed by atoms with E-state index >= 15 is 0 Å². The van der Waals surface area contributed by atoms with Crippen LogP contribution in [-0.4, -0.2) is 29.4 Å². The first-order valence-electron chi connectivity index (χ1n) is 5.04. The Labute approximate surface area is 104 Å². The number of sulfonamides is 1. The molecule has 0 unspecified atom stereocenters. The molecule has 1 aromatic heterocycles. The first-order chi connectivity index (χ1) is 8.42. The van der Waals surface area contributed by atoms with Crippen molar-refractivity contribution in [1.29, 1.82) is 0 Å². The molecule has 0 spiro atoms.